The van der Waals surface area contributed by atoms with Gasteiger partial charge in [0.25, 0.3) is 0 Å². The normalized spacial score (nSPS) is 21.5. The summed E-state index contributed by atoms with van der Waals surface area (Å²) in [7, 11) is 0. The van der Waals surface area contributed by atoms with Crippen molar-refractivity contribution in [1.82, 2.24) is 0 Å². The van der Waals surface area contributed by atoms with Crippen molar-refractivity contribution in [1.29, 1.82) is 0 Å². The fraction of sp³-hybridized carbons (Fsp3) is 0.750. The zero-order valence-corrected chi connectivity index (χ0v) is 13.3. The fourth-order valence-electron chi connectivity index (χ4n) is 2.62. The molecular weight excluding hydrogens is 288 g/mol. The predicted molar refractivity (Wildman–Crippen MR) is 78.0 cm³/mol. The van der Waals surface area contributed by atoms with Crippen molar-refractivity contribution in [3.05, 3.63) is 0 Å². The van der Waals surface area contributed by atoms with Crippen molar-refractivity contribution in [2.24, 2.45) is 11.8 Å². The Morgan fingerprint density at radius 1 is 0.864 bits per heavy atom. The molecule has 124 valence electrons. The lowest BCUT2D eigenvalue weighted by Crippen LogP contribution is -2.33. The Kier molecular flexibility index (Phi) is 7.77. The van der Waals surface area contributed by atoms with Gasteiger partial charge in [0.2, 0.25) is 0 Å². The van der Waals surface area contributed by atoms with Gasteiger partial charge in [-0.2, -0.15) is 0 Å². The highest BCUT2D eigenvalue weighted by atomic mass is 16.5. The lowest BCUT2D eigenvalue weighted by molar-refractivity contribution is -0.146. The van der Waals surface area contributed by atoms with E-state index in [0.717, 1.165) is 0 Å². The summed E-state index contributed by atoms with van der Waals surface area (Å²) >= 11 is 0. The molecule has 2 atom stereocenters. The Morgan fingerprint density at radius 2 is 1.23 bits per heavy atom. The third kappa shape index (κ3) is 5.95. The van der Waals surface area contributed by atoms with Gasteiger partial charge in [0.1, 0.15) is 11.6 Å². The first-order valence-electron chi connectivity index (χ1n) is 7.84. The molecule has 1 fully saturated rings. The number of Topliss-reactive ketones (excluding diaryl/α,β-unsaturated/α-hetero) is 2. The van der Waals surface area contributed by atoms with Gasteiger partial charge in [-0.3, -0.25) is 19.2 Å². The summed E-state index contributed by atoms with van der Waals surface area (Å²) < 4.78 is 9.63. The maximum atomic E-state index is 12.1. The summed E-state index contributed by atoms with van der Waals surface area (Å²) in [5, 5.41) is 0. The summed E-state index contributed by atoms with van der Waals surface area (Å²) in [6, 6.07) is 0. The summed E-state index contributed by atoms with van der Waals surface area (Å²) in [5.74, 6) is -1.47. The highest BCUT2D eigenvalue weighted by Crippen LogP contribution is 2.29. The second kappa shape index (κ2) is 9.33. The van der Waals surface area contributed by atoms with Gasteiger partial charge >= 0.3 is 11.9 Å². The molecule has 0 aliphatic heterocycles. The molecule has 0 aromatic heterocycles. The predicted octanol–water partition coefficient (Wildman–Crippen LogP) is 1.84. The van der Waals surface area contributed by atoms with Crippen molar-refractivity contribution in [3.63, 3.8) is 0 Å². The molecule has 0 spiro atoms. The SMILES string of the molecule is CCOC(=O)CCC1CC(=O)C(CCC(=O)OCC)CC1=O. The molecule has 22 heavy (non-hydrogen) atoms. The van der Waals surface area contributed by atoms with Crippen molar-refractivity contribution < 1.29 is 28.7 Å². The lowest BCUT2D eigenvalue weighted by Gasteiger charge is -2.25. The molecule has 0 amide bonds. The Balaban J connectivity index is 2.40. The number of hydrogen-bond donors (Lipinski definition) is 0. The van der Waals surface area contributed by atoms with E-state index in [2.05, 4.69) is 0 Å². The minimum absolute atomic E-state index is 0.00208. The third-order valence-electron chi connectivity index (χ3n) is 3.81. The van der Waals surface area contributed by atoms with E-state index in [-0.39, 0.29) is 49.2 Å². The smallest absolute Gasteiger partial charge is 0.305 e. The monoisotopic (exact) mass is 312 g/mol. The first-order valence-corrected chi connectivity index (χ1v) is 7.84. The summed E-state index contributed by atoms with van der Waals surface area (Å²) in [6.45, 7) is 4.07. The van der Waals surface area contributed by atoms with Crippen LogP contribution >= 0.6 is 0 Å². The van der Waals surface area contributed by atoms with Crippen molar-refractivity contribution >= 4 is 23.5 Å². The topological polar surface area (TPSA) is 86.7 Å². The van der Waals surface area contributed by atoms with E-state index in [0.29, 0.717) is 26.1 Å². The molecule has 0 aromatic carbocycles. The maximum absolute atomic E-state index is 12.1. The largest absolute Gasteiger partial charge is 0.466 e. The van der Waals surface area contributed by atoms with E-state index in [1.54, 1.807) is 13.8 Å². The first-order chi connectivity index (χ1) is 10.5. The van der Waals surface area contributed by atoms with Crippen molar-refractivity contribution in [2.45, 2.75) is 52.4 Å². The fourth-order valence-corrected chi connectivity index (χ4v) is 2.62. The van der Waals surface area contributed by atoms with Crippen LogP contribution in [0.1, 0.15) is 52.4 Å². The van der Waals surface area contributed by atoms with Gasteiger partial charge in [-0.05, 0) is 26.7 Å². The van der Waals surface area contributed by atoms with Crippen LogP contribution in [0.3, 0.4) is 0 Å². The summed E-state index contributed by atoms with van der Waals surface area (Å²) in [5.41, 5.74) is 0. The van der Waals surface area contributed by atoms with Gasteiger partial charge < -0.3 is 9.47 Å². The number of esters is 2. The molecule has 1 aliphatic carbocycles. The molecule has 1 aliphatic rings. The number of ketones is 2. The van der Waals surface area contributed by atoms with Crippen LogP contribution in [0.5, 0.6) is 0 Å². The molecular formula is C16H24O6. The van der Waals surface area contributed by atoms with Gasteiger partial charge in [-0.1, -0.05) is 0 Å². The Hall–Kier alpha value is -1.72. The summed E-state index contributed by atoms with van der Waals surface area (Å²) in [6.07, 6.45) is 1.34. The molecule has 2 unspecified atom stereocenters. The molecule has 0 bridgehead atoms. The van der Waals surface area contributed by atoms with Crippen molar-refractivity contribution in [3.8, 4) is 0 Å². The van der Waals surface area contributed by atoms with Crippen LogP contribution in [-0.2, 0) is 28.7 Å². The van der Waals surface area contributed by atoms with Crippen LogP contribution < -0.4 is 0 Å². The van der Waals surface area contributed by atoms with Crippen LogP contribution in [-0.4, -0.2) is 36.7 Å². The Morgan fingerprint density at radius 3 is 1.55 bits per heavy atom. The van der Waals surface area contributed by atoms with E-state index in [4.69, 9.17) is 9.47 Å². The molecule has 1 rings (SSSR count). The number of carbonyl (C=O) groups excluding carboxylic acids is 4. The first kappa shape index (κ1) is 18.3. The second-order valence-electron chi connectivity index (χ2n) is 5.42. The standard InChI is InChI=1S/C16H24O6/c1-3-21-15(19)7-5-11-9-14(18)12(10-13(11)17)6-8-16(20)22-4-2/h11-12H,3-10H2,1-2H3. The van der Waals surface area contributed by atoms with Gasteiger partial charge in [-0.25, -0.2) is 0 Å². The average molecular weight is 312 g/mol. The molecule has 0 N–H and O–H groups in total. The quantitative estimate of drug-likeness (QED) is 0.636. The number of carbonyl (C=O) groups is 4. The lowest BCUT2D eigenvalue weighted by atomic mass is 9.76. The minimum Gasteiger partial charge on any atom is -0.466 e. The maximum Gasteiger partial charge on any atom is 0.305 e. The van der Waals surface area contributed by atoms with Gasteiger partial charge in [0.15, 0.2) is 0 Å². The van der Waals surface area contributed by atoms with Crippen LogP contribution in [0.4, 0.5) is 0 Å². The van der Waals surface area contributed by atoms with E-state index >= 15 is 0 Å². The van der Waals surface area contributed by atoms with E-state index in [1.165, 1.54) is 0 Å². The van der Waals surface area contributed by atoms with Gasteiger partial charge in [0.05, 0.1) is 13.2 Å². The number of ether oxygens (including phenoxy) is 2. The van der Waals surface area contributed by atoms with E-state index in [1.807, 2.05) is 0 Å². The molecule has 6 nitrogen and oxygen atoms in total. The van der Waals surface area contributed by atoms with Crippen LogP contribution in [0.2, 0.25) is 0 Å². The molecule has 1 saturated carbocycles. The highest BCUT2D eigenvalue weighted by molar-refractivity contribution is 5.96. The molecule has 0 saturated heterocycles. The van der Waals surface area contributed by atoms with Gasteiger partial charge in [0, 0.05) is 37.5 Å². The molecule has 0 aromatic rings. The molecule has 0 heterocycles. The van der Waals surface area contributed by atoms with Crippen LogP contribution in [0.15, 0.2) is 0 Å². The highest BCUT2D eigenvalue weighted by Gasteiger charge is 2.34. The van der Waals surface area contributed by atoms with E-state index in [9.17, 15) is 19.2 Å². The van der Waals surface area contributed by atoms with Crippen molar-refractivity contribution in [2.75, 3.05) is 13.2 Å². The second-order valence-corrected chi connectivity index (χ2v) is 5.42. The minimum atomic E-state index is -0.393. The van der Waals surface area contributed by atoms with Crippen LogP contribution in [0.25, 0.3) is 0 Å². The number of rotatable bonds is 8. The Bertz CT molecular complexity index is 388. The van der Waals surface area contributed by atoms with Gasteiger partial charge in [-0.15, -0.1) is 0 Å². The van der Waals surface area contributed by atoms with Crippen LogP contribution in [0, 0.1) is 11.8 Å². The molecule has 6 heteroatoms. The average Bonchev–Trinajstić information content (AvgIpc) is 2.47. The zero-order valence-electron chi connectivity index (χ0n) is 13.3. The zero-order chi connectivity index (χ0) is 16.5. The van der Waals surface area contributed by atoms with E-state index < -0.39 is 11.8 Å². The Labute approximate surface area is 130 Å². The summed E-state index contributed by atoms with van der Waals surface area (Å²) in [4.78, 5) is 46.8. The molecule has 0 radical (unpaired) electrons. The number of hydrogen-bond acceptors (Lipinski definition) is 6. The third-order valence-corrected chi connectivity index (χ3v) is 3.81.